The maximum Gasteiger partial charge on any atom is 0.326 e. The molecule has 1 amide bonds. The Bertz CT molecular complexity index is 783. The van der Waals surface area contributed by atoms with Gasteiger partial charge in [-0.25, -0.2) is 4.79 Å². The Morgan fingerprint density at radius 1 is 1.12 bits per heavy atom. The van der Waals surface area contributed by atoms with E-state index in [-0.39, 0.29) is 17.7 Å². The van der Waals surface area contributed by atoms with Gasteiger partial charge in [-0.05, 0) is 30.7 Å². The predicted octanol–water partition coefficient (Wildman–Crippen LogP) is 2.35. The smallest absolute Gasteiger partial charge is 0.326 e. The van der Waals surface area contributed by atoms with E-state index in [0.717, 1.165) is 11.1 Å². The molecule has 130 valence electrons. The lowest BCUT2D eigenvalue weighted by atomic mass is 10.0. The third-order valence-electron chi connectivity index (χ3n) is 3.52. The van der Waals surface area contributed by atoms with Crippen molar-refractivity contribution in [2.24, 2.45) is 0 Å². The number of benzene rings is 2. The number of esters is 1. The molecule has 0 spiro atoms. The molecule has 0 aliphatic heterocycles. The second-order valence-electron chi connectivity index (χ2n) is 5.68. The summed E-state index contributed by atoms with van der Waals surface area (Å²) in [7, 11) is 0. The molecule has 2 aromatic carbocycles. The van der Waals surface area contributed by atoms with Crippen LogP contribution in [-0.4, -0.2) is 29.0 Å². The highest BCUT2D eigenvalue weighted by atomic mass is 16.5. The fraction of sp³-hybridized carbons (Fsp3) is 0.211. The number of hydrogen-bond donors (Lipinski definition) is 2. The van der Waals surface area contributed by atoms with Crippen molar-refractivity contribution in [1.29, 1.82) is 0 Å². The van der Waals surface area contributed by atoms with Crippen LogP contribution in [-0.2, 0) is 16.0 Å². The van der Waals surface area contributed by atoms with E-state index in [2.05, 4.69) is 5.32 Å². The van der Waals surface area contributed by atoms with Crippen molar-refractivity contribution in [2.45, 2.75) is 26.3 Å². The van der Waals surface area contributed by atoms with E-state index in [0.29, 0.717) is 0 Å². The molecule has 6 nitrogen and oxygen atoms in total. The summed E-state index contributed by atoms with van der Waals surface area (Å²) < 4.78 is 4.93. The third-order valence-corrected chi connectivity index (χ3v) is 3.52. The second-order valence-corrected chi connectivity index (χ2v) is 5.68. The SMILES string of the molecule is CC(=O)Oc1cccc(C(=O)N[C@H](Cc2ccc(C)cc2)C(=O)O)c1. The number of aryl methyl sites for hydroxylation is 1. The van der Waals surface area contributed by atoms with Gasteiger partial charge in [0, 0.05) is 18.9 Å². The standard InChI is InChI=1S/C19H19NO5/c1-12-6-8-14(9-7-12)10-17(19(23)24)20-18(22)15-4-3-5-16(11-15)25-13(2)21/h3-9,11,17H,10H2,1-2H3,(H,20,22)(H,23,24)/t17-/m1/s1. The Morgan fingerprint density at radius 2 is 1.80 bits per heavy atom. The summed E-state index contributed by atoms with van der Waals surface area (Å²) in [6.07, 6.45) is 0.172. The molecule has 0 unspecified atom stereocenters. The van der Waals surface area contributed by atoms with Gasteiger partial charge < -0.3 is 15.2 Å². The van der Waals surface area contributed by atoms with Crippen LogP contribution in [0.2, 0.25) is 0 Å². The van der Waals surface area contributed by atoms with Gasteiger partial charge in [-0.15, -0.1) is 0 Å². The summed E-state index contributed by atoms with van der Waals surface area (Å²) in [5.74, 6) is -1.94. The van der Waals surface area contributed by atoms with Crippen molar-refractivity contribution in [3.05, 3.63) is 65.2 Å². The summed E-state index contributed by atoms with van der Waals surface area (Å²) in [5, 5.41) is 11.9. The van der Waals surface area contributed by atoms with E-state index < -0.39 is 23.9 Å². The molecule has 0 aliphatic carbocycles. The van der Waals surface area contributed by atoms with E-state index in [1.54, 1.807) is 12.1 Å². The minimum Gasteiger partial charge on any atom is -0.480 e. The van der Waals surface area contributed by atoms with Gasteiger partial charge in [-0.3, -0.25) is 9.59 Å². The number of aliphatic carboxylic acids is 1. The zero-order valence-electron chi connectivity index (χ0n) is 14.0. The highest BCUT2D eigenvalue weighted by Gasteiger charge is 2.21. The van der Waals surface area contributed by atoms with Crippen LogP contribution in [0.4, 0.5) is 0 Å². The number of nitrogens with one attached hydrogen (secondary N) is 1. The summed E-state index contributed by atoms with van der Waals surface area (Å²) in [6.45, 7) is 3.20. The lowest BCUT2D eigenvalue weighted by Crippen LogP contribution is -2.42. The molecular formula is C19H19NO5. The molecule has 2 N–H and O–H groups in total. The quantitative estimate of drug-likeness (QED) is 0.621. The highest BCUT2D eigenvalue weighted by Crippen LogP contribution is 2.14. The summed E-state index contributed by atoms with van der Waals surface area (Å²) in [4.78, 5) is 34.8. The molecule has 0 saturated carbocycles. The molecule has 0 fully saturated rings. The fourth-order valence-electron chi connectivity index (χ4n) is 2.27. The van der Waals surface area contributed by atoms with Crippen molar-refractivity contribution in [3.63, 3.8) is 0 Å². The molecular weight excluding hydrogens is 322 g/mol. The first-order valence-corrected chi connectivity index (χ1v) is 7.73. The molecule has 0 bridgehead atoms. The Kier molecular flexibility index (Phi) is 5.89. The Hall–Kier alpha value is -3.15. The average Bonchev–Trinajstić information content (AvgIpc) is 2.55. The molecule has 0 aromatic heterocycles. The first-order valence-electron chi connectivity index (χ1n) is 7.73. The number of rotatable bonds is 6. The number of carboxylic acid groups (broad SMARTS) is 1. The second kappa shape index (κ2) is 8.10. The van der Waals surface area contributed by atoms with Crippen LogP contribution in [0.15, 0.2) is 48.5 Å². The van der Waals surface area contributed by atoms with Crippen molar-refractivity contribution in [2.75, 3.05) is 0 Å². The van der Waals surface area contributed by atoms with Crippen molar-refractivity contribution < 1.29 is 24.2 Å². The van der Waals surface area contributed by atoms with Gasteiger partial charge in [0.2, 0.25) is 0 Å². The van der Waals surface area contributed by atoms with Crippen molar-refractivity contribution in [1.82, 2.24) is 5.32 Å². The first kappa shape index (κ1) is 18.2. The van der Waals surface area contributed by atoms with Crippen LogP contribution >= 0.6 is 0 Å². The predicted molar refractivity (Wildman–Crippen MR) is 91.5 cm³/mol. The Morgan fingerprint density at radius 3 is 2.40 bits per heavy atom. The first-order chi connectivity index (χ1) is 11.8. The van der Waals surface area contributed by atoms with Gasteiger partial charge in [0.25, 0.3) is 5.91 Å². The van der Waals surface area contributed by atoms with Gasteiger partial charge in [-0.1, -0.05) is 35.9 Å². The topological polar surface area (TPSA) is 92.7 Å². The van der Waals surface area contributed by atoms with Gasteiger partial charge in [0.15, 0.2) is 0 Å². The summed E-state index contributed by atoms with van der Waals surface area (Å²) in [5.41, 5.74) is 2.10. The highest BCUT2D eigenvalue weighted by molar-refractivity contribution is 5.97. The maximum absolute atomic E-state index is 12.3. The molecule has 2 rings (SSSR count). The van der Waals surface area contributed by atoms with E-state index in [1.807, 2.05) is 31.2 Å². The van der Waals surface area contributed by atoms with Crippen LogP contribution in [0.1, 0.15) is 28.4 Å². The Labute approximate surface area is 145 Å². The van der Waals surface area contributed by atoms with E-state index >= 15 is 0 Å². The van der Waals surface area contributed by atoms with Crippen LogP contribution in [0.25, 0.3) is 0 Å². The number of carbonyl (C=O) groups excluding carboxylic acids is 2. The number of ether oxygens (including phenoxy) is 1. The number of carboxylic acids is 1. The number of amides is 1. The van der Waals surface area contributed by atoms with Crippen LogP contribution in [0, 0.1) is 6.92 Å². The summed E-state index contributed by atoms with van der Waals surface area (Å²) >= 11 is 0. The largest absolute Gasteiger partial charge is 0.480 e. The molecule has 25 heavy (non-hydrogen) atoms. The molecule has 6 heteroatoms. The zero-order valence-corrected chi connectivity index (χ0v) is 14.0. The molecule has 0 saturated heterocycles. The molecule has 0 radical (unpaired) electrons. The lowest BCUT2D eigenvalue weighted by molar-refractivity contribution is -0.139. The van der Waals surface area contributed by atoms with Crippen molar-refractivity contribution >= 4 is 17.8 Å². The number of carbonyl (C=O) groups is 3. The van der Waals surface area contributed by atoms with Gasteiger partial charge in [0.05, 0.1) is 0 Å². The maximum atomic E-state index is 12.3. The van der Waals surface area contributed by atoms with Crippen molar-refractivity contribution in [3.8, 4) is 5.75 Å². The van der Waals surface area contributed by atoms with Crippen LogP contribution < -0.4 is 10.1 Å². The third kappa shape index (κ3) is 5.46. The fourth-order valence-corrected chi connectivity index (χ4v) is 2.27. The molecule has 1 atom stereocenters. The van der Waals surface area contributed by atoms with Gasteiger partial charge >= 0.3 is 11.9 Å². The summed E-state index contributed by atoms with van der Waals surface area (Å²) in [6, 6.07) is 12.4. The minimum absolute atomic E-state index is 0.172. The monoisotopic (exact) mass is 341 g/mol. The number of hydrogen-bond acceptors (Lipinski definition) is 4. The lowest BCUT2D eigenvalue weighted by Gasteiger charge is -2.15. The molecule has 2 aromatic rings. The average molecular weight is 341 g/mol. The van der Waals surface area contributed by atoms with E-state index in [1.165, 1.54) is 19.1 Å². The van der Waals surface area contributed by atoms with Crippen LogP contribution in [0.3, 0.4) is 0 Å². The minimum atomic E-state index is -1.12. The normalized spacial score (nSPS) is 11.4. The van der Waals surface area contributed by atoms with Gasteiger partial charge in [0.1, 0.15) is 11.8 Å². The van der Waals surface area contributed by atoms with Gasteiger partial charge in [-0.2, -0.15) is 0 Å². The molecule has 0 heterocycles. The zero-order chi connectivity index (χ0) is 18.4. The Balaban J connectivity index is 2.11. The van der Waals surface area contributed by atoms with E-state index in [9.17, 15) is 19.5 Å². The van der Waals surface area contributed by atoms with E-state index in [4.69, 9.17) is 4.74 Å². The van der Waals surface area contributed by atoms with Crippen LogP contribution in [0.5, 0.6) is 5.75 Å². The molecule has 0 aliphatic rings.